The van der Waals surface area contributed by atoms with Crippen LogP contribution in [0, 0.1) is 5.92 Å². The number of nitrogens with zero attached hydrogens (tertiary/aromatic N) is 1. The van der Waals surface area contributed by atoms with Crippen LogP contribution < -0.4 is 0 Å². The van der Waals surface area contributed by atoms with Gasteiger partial charge in [0.25, 0.3) is 5.92 Å². The van der Waals surface area contributed by atoms with Crippen LogP contribution in [-0.4, -0.2) is 23.9 Å². The SMILES string of the molecule is CC.CCc1ccc2c(c1)CN(CC1CC1(F)F)CC2. The number of halogens is 2. The molecule has 2 aliphatic rings. The highest BCUT2D eigenvalue weighted by Gasteiger charge is 2.56. The molecule has 3 heteroatoms. The lowest BCUT2D eigenvalue weighted by molar-refractivity contribution is 0.0853. The van der Waals surface area contributed by atoms with Crippen LogP contribution in [0.1, 0.15) is 43.9 Å². The molecule has 1 heterocycles. The molecular weight excluding hydrogens is 256 g/mol. The molecule has 0 bridgehead atoms. The quantitative estimate of drug-likeness (QED) is 0.799. The van der Waals surface area contributed by atoms with Crippen LogP contribution in [0.5, 0.6) is 0 Å². The minimum absolute atomic E-state index is 0.0886. The van der Waals surface area contributed by atoms with Crippen LogP contribution in [0.3, 0.4) is 0 Å². The molecule has 1 unspecified atom stereocenters. The Kier molecular flexibility index (Phi) is 4.79. The molecule has 0 radical (unpaired) electrons. The molecule has 1 saturated carbocycles. The first-order chi connectivity index (χ1) is 9.58. The summed E-state index contributed by atoms with van der Waals surface area (Å²) in [5.41, 5.74) is 4.07. The van der Waals surface area contributed by atoms with Gasteiger partial charge in [0.2, 0.25) is 0 Å². The predicted molar refractivity (Wildman–Crippen MR) is 79.2 cm³/mol. The van der Waals surface area contributed by atoms with E-state index in [1.807, 2.05) is 13.8 Å². The van der Waals surface area contributed by atoms with E-state index in [1.165, 1.54) is 16.7 Å². The lowest BCUT2D eigenvalue weighted by Gasteiger charge is -2.29. The fourth-order valence-electron chi connectivity index (χ4n) is 2.82. The highest BCUT2D eigenvalue weighted by Crippen LogP contribution is 2.49. The summed E-state index contributed by atoms with van der Waals surface area (Å²) in [6.07, 6.45) is 2.12. The Balaban J connectivity index is 0.000000704. The van der Waals surface area contributed by atoms with E-state index >= 15 is 0 Å². The fourth-order valence-corrected chi connectivity index (χ4v) is 2.82. The van der Waals surface area contributed by atoms with Crippen molar-refractivity contribution in [1.29, 1.82) is 0 Å². The van der Waals surface area contributed by atoms with Crippen LogP contribution in [0.2, 0.25) is 0 Å². The maximum Gasteiger partial charge on any atom is 0.252 e. The first-order valence-corrected chi connectivity index (χ1v) is 7.79. The van der Waals surface area contributed by atoms with Gasteiger partial charge in [-0.05, 0) is 29.5 Å². The van der Waals surface area contributed by atoms with Gasteiger partial charge in [0.15, 0.2) is 0 Å². The van der Waals surface area contributed by atoms with Crippen molar-refractivity contribution in [2.24, 2.45) is 5.92 Å². The summed E-state index contributed by atoms with van der Waals surface area (Å²) in [7, 11) is 0. The predicted octanol–water partition coefficient (Wildman–Crippen LogP) is 4.29. The summed E-state index contributed by atoms with van der Waals surface area (Å²) in [5.74, 6) is -2.78. The Bertz CT molecular complexity index is 456. The lowest BCUT2D eigenvalue weighted by Crippen LogP contribution is -2.33. The van der Waals surface area contributed by atoms with Crippen LogP contribution in [0.15, 0.2) is 18.2 Å². The van der Waals surface area contributed by atoms with Crippen molar-refractivity contribution in [3.8, 4) is 0 Å². The minimum Gasteiger partial charge on any atom is -0.298 e. The van der Waals surface area contributed by atoms with E-state index in [9.17, 15) is 8.78 Å². The molecule has 1 atom stereocenters. The maximum absolute atomic E-state index is 12.9. The third-order valence-corrected chi connectivity index (χ3v) is 4.20. The minimum atomic E-state index is -2.38. The molecule has 0 amide bonds. The van der Waals surface area contributed by atoms with Crippen LogP contribution >= 0.6 is 0 Å². The highest BCUT2D eigenvalue weighted by molar-refractivity contribution is 5.33. The van der Waals surface area contributed by atoms with Gasteiger partial charge in [-0.2, -0.15) is 0 Å². The zero-order valence-corrected chi connectivity index (χ0v) is 12.8. The number of benzene rings is 1. The smallest absolute Gasteiger partial charge is 0.252 e. The van der Waals surface area contributed by atoms with E-state index in [1.54, 1.807) is 0 Å². The largest absolute Gasteiger partial charge is 0.298 e. The van der Waals surface area contributed by atoms with Crippen molar-refractivity contribution in [3.05, 3.63) is 34.9 Å². The Labute approximate surface area is 121 Å². The molecule has 1 aromatic carbocycles. The highest BCUT2D eigenvalue weighted by atomic mass is 19.3. The van der Waals surface area contributed by atoms with E-state index < -0.39 is 11.8 Å². The summed E-state index contributed by atoms with van der Waals surface area (Å²) in [4.78, 5) is 2.19. The molecule has 3 rings (SSSR count). The fraction of sp³-hybridized carbons (Fsp3) is 0.647. The third kappa shape index (κ3) is 3.38. The zero-order chi connectivity index (χ0) is 14.8. The second kappa shape index (κ2) is 6.21. The van der Waals surface area contributed by atoms with E-state index in [2.05, 4.69) is 30.0 Å². The van der Waals surface area contributed by atoms with Crippen molar-refractivity contribution in [1.82, 2.24) is 4.90 Å². The third-order valence-electron chi connectivity index (χ3n) is 4.20. The van der Waals surface area contributed by atoms with Crippen molar-refractivity contribution >= 4 is 0 Å². The standard InChI is InChI=1S/C15H19F2N.C2H6/c1-2-11-3-4-12-5-6-18(9-13(12)7-11)10-14-8-15(14,16)17;1-2/h3-4,7,14H,2,5-6,8-10H2,1H3;1-2H3. The van der Waals surface area contributed by atoms with Crippen molar-refractivity contribution < 1.29 is 8.78 Å². The van der Waals surface area contributed by atoms with E-state index in [0.29, 0.717) is 6.54 Å². The molecule has 0 spiro atoms. The molecular formula is C17H25F2N. The second-order valence-electron chi connectivity index (χ2n) is 5.60. The number of hydrogen-bond donors (Lipinski definition) is 0. The van der Waals surface area contributed by atoms with Gasteiger partial charge in [0.05, 0.1) is 0 Å². The van der Waals surface area contributed by atoms with Gasteiger partial charge in [0, 0.05) is 32.0 Å². The topological polar surface area (TPSA) is 3.24 Å². The van der Waals surface area contributed by atoms with Gasteiger partial charge in [-0.1, -0.05) is 39.0 Å². The summed E-state index contributed by atoms with van der Waals surface area (Å²) in [6, 6.07) is 6.63. The number of hydrogen-bond acceptors (Lipinski definition) is 1. The summed E-state index contributed by atoms with van der Waals surface area (Å²) < 4.78 is 25.9. The van der Waals surface area contributed by atoms with Crippen LogP contribution in [0.4, 0.5) is 8.78 Å². The lowest BCUT2D eigenvalue weighted by atomic mass is 9.96. The maximum atomic E-state index is 12.9. The van der Waals surface area contributed by atoms with Gasteiger partial charge >= 0.3 is 0 Å². The van der Waals surface area contributed by atoms with Crippen molar-refractivity contribution in [3.63, 3.8) is 0 Å². The van der Waals surface area contributed by atoms with Crippen LogP contribution in [0.25, 0.3) is 0 Å². The van der Waals surface area contributed by atoms with E-state index in [4.69, 9.17) is 0 Å². The molecule has 1 fully saturated rings. The normalized spacial score (nSPS) is 23.6. The Morgan fingerprint density at radius 3 is 2.55 bits per heavy atom. The summed E-state index contributed by atoms with van der Waals surface area (Å²) >= 11 is 0. The molecule has 1 aliphatic heterocycles. The van der Waals surface area contributed by atoms with Gasteiger partial charge in [-0.15, -0.1) is 0 Å². The van der Waals surface area contributed by atoms with Gasteiger partial charge in [-0.25, -0.2) is 8.78 Å². The first-order valence-electron chi connectivity index (χ1n) is 7.79. The Hall–Kier alpha value is -0.960. The Morgan fingerprint density at radius 2 is 1.95 bits per heavy atom. The van der Waals surface area contributed by atoms with Crippen molar-refractivity contribution in [2.75, 3.05) is 13.1 Å². The van der Waals surface area contributed by atoms with Crippen molar-refractivity contribution in [2.45, 2.75) is 52.5 Å². The molecule has 0 N–H and O–H groups in total. The molecule has 0 saturated heterocycles. The summed E-state index contributed by atoms with van der Waals surface area (Å²) in [5, 5.41) is 0. The monoisotopic (exact) mass is 281 g/mol. The Morgan fingerprint density at radius 1 is 1.25 bits per heavy atom. The van der Waals surface area contributed by atoms with Gasteiger partial charge in [0.1, 0.15) is 0 Å². The number of fused-ring (bicyclic) bond motifs is 1. The van der Waals surface area contributed by atoms with E-state index in [-0.39, 0.29) is 6.42 Å². The summed E-state index contributed by atoms with van der Waals surface area (Å²) in [6.45, 7) is 8.47. The number of alkyl halides is 2. The van der Waals surface area contributed by atoms with Gasteiger partial charge < -0.3 is 0 Å². The number of rotatable bonds is 3. The first kappa shape index (κ1) is 15.4. The molecule has 1 nitrogen and oxygen atoms in total. The number of aryl methyl sites for hydroxylation is 1. The molecule has 1 aromatic rings. The van der Waals surface area contributed by atoms with Crippen LogP contribution in [-0.2, 0) is 19.4 Å². The average molecular weight is 281 g/mol. The van der Waals surface area contributed by atoms with E-state index in [0.717, 1.165) is 25.9 Å². The zero-order valence-electron chi connectivity index (χ0n) is 12.8. The van der Waals surface area contributed by atoms with Gasteiger partial charge in [-0.3, -0.25) is 4.90 Å². The molecule has 0 aromatic heterocycles. The second-order valence-corrected chi connectivity index (χ2v) is 5.60. The average Bonchev–Trinajstić information content (AvgIpc) is 3.07. The molecule has 1 aliphatic carbocycles. The molecule has 112 valence electrons. The molecule has 20 heavy (non-hydrogen) atoms.